The van der Waals surface area contributed by atoms with Crippen molar-refractivity contribution >= 4 is 5.91 Å². The average Bonchev–Trinajstić information content (AvgIpc) is 2.49. The van der Waals surface area contributed by atoms with Crippen molar-refractivity contribution in [2.45, 2.75) is 38.8 Å². The Labute approximate surface area is 106 Å². The van der Waals surface area contributed by atoms with Gasteiger partial charge in [-0.1, -0.05) is 13.3 Å². The first-order valence-corrected chi connectivity index (χ1v) is 6.49. The first kappa shape index (κ1) is 15.3. The lowest BCUT2D eigenvalue weighted by atomic mass is 10.2. The van der Waals surface area contributed by atoms with Gasteiger partial charge >= 0.3 is 6.18 Å². The maximum Gasteiger partial charge on any atom is 0.401 e. The van der Waals surface area contributed by atoms with Gasteiger partial charge in [0.05, 0.1) is 6.54 Å². The van der Waals surface area contributed by atoms with Crippen LogP contribution in [0.5, 0.6) is 0 Å². The predicted octanol–water partition coefficient (Wildman–Crippen LogP) is 2.27. The minimum absolute atomic E-state index is 0.0747. The van der Waals surface area contributed by atoms with Gasteiger partial charge in [-0.3, -0.25) is 9.69 Å². The quantitative estimate of drug-likeness (QED) is 0.779. The van der Waals surface area contributed by atoms with Crippen molar-refractivity contribution in [2.24, 2.45) is 0 Å². The van der Waals surface area contributed by atoms with Crippen LogP contribution in [0.2, 0.25) is 0 Å². The van der Waals surface area contributed by atoms with E-state index in [1.807, 2.05) is 6.92 Å². The molecule has 1 fully saturated rings. The van der Waals surface area contributed by atoms with E-state index in [2.05, 4.69) is 0 Å². The van der Waals surface area contributed by atoms with E-state index in [1.54, 1.807) is 4.90 Å². The second-order valence-electron chi connectivity index (χ2n) is 4.73. The number of carbonyl (C=O) groups excluding carboxylic acids is 1. The van der Waals surface area contributed by atoms with Crippen LogP contribution in [0.1, 0.15) is 32.6 Å². The van der Waals surface area contributed by atoms with Crippen LogP contribution in [-0.2, 0) is 4.79 Å². The summed E-state index contributed by atoms with van der Waals surface area (Å²) in [5.41, 5.74) is 0. The molecule has 1 heterocycles. The molecule has 1 rings (SSSR count). The van der Waals surface area contributed by atoms with Crippen molar-refractivity contribution in [3.8, 4) is 0 Å². The molecule has 0 spiro atoms. The van der Waals surface area contributed by atoms with Crippen LogP contribution in [0, 0.1) is 0 Å². The number of alkyl halides is 3. The molecule has 0 unspecified atom stereocenters. The van der Waals surface area contributed by atoms with Gasteiger partial charge in [-0.15, -0.1) is 0 Å². The number of carbonyl (C=O) groups is 1. The Morgan fingerprint density at radius 1 is 1.17 bits per heavy atom. The molecule has 1 amide bonds. The summed E-state index contributed by atoms with van der Waals surface area (Å²) in [6.45, 7) is 2.87. The van der Waals surface area contributed by atoms with E-state index in [9.17, 15) is 18.0 Å². The van der Waals surface area contributed by atoms with Gasteiger partial charge in [-0.05, 0) is 12.8 Å². The predicted molar refractivity (Wildman–Crippen MR) is 63.2 cm³/mol. The summed E-state index contributed by atoms with van der Waals surface area (Å²) in [4.78, 5) is 14.9. The topological polar surface area (TPSA) is 23.6 Å². The fourth-order valence-electron chi connectivity index (χ4n) is 2.12. The van der Waals surface area contributed by atoms with Crippen molar-refractivity contribution in [3.63, 3.8) is 0 Å². The molecule has 0 aromatic carbocycles. The molecule has 3 nitrogen and oxygen atoms in total. The Kier molecular flexibility index (Phi) is 5.91. The lowest BCUT2D eigenvalue weighted by molar-refractivity contribution is -0.145. The maximum atomic E-state index is 12.3. The fourth-order valence-corrected chi connectivity index (χ4v) is 2.12. The van der Waals surface area contributed by atoms with Crippen molar-refractivity contribution in [3.05, 3.63) is 0 Å². The van der Waals surface area contributed by atoms with Gasteiger partial charge in [-0.2, -0.15) is 13.2 Å². The van der Waals surface area contributed by atoms with Crippen LogP contribution >= 0.6 is 0 Å². The van der Waals surface area contributed by atoms with E-state index in [1.165, 1.54) is 4.90 Å². The first-order chi connectivity index (χ1) is 8.42. The molecule has 0 atom stereocenters. The number of unbranched alkanes of at least 4 members (excludes halogenated alkanes) is 1. The second kappa shape index (κ2) is 6.97. The van der Waals surface area contributed by atoms with Crippen molar-refractivity contribution < 1.29 is 18.0 Å². The normalized spacial score (nSPS) is 18.8. The van der Waals surface area contributed by atoms with Crippen LogP contribution in [-0.4, -0.2) is 54.6 Å². The number of hydrogen-bond donors (Lipinski definition) is 0. The Balaban J connectivity index is 2.38. The molecule has 0 bridgehead atoms. The van der Waals surface area contributed by atoms with E-state index < -0.39 is 12.7 Å². The molecular formula is C12H21F3N2O. The molecule has 0 N–H and O–H groups in total. The number of amides is 1. The van der Waals surface area contributed by atoms with Gasteiger partial charge in [0.2, 0.25) is 5.91 Å². The number of hydrogen-bond acceptors (Lipinski definition) is 2. The second-order valence-corrected chi connectivity index (χ2v) is 4.73. The molecule has 0 aromatic rings. The lowest BCUT2D eigenvalue weighted by Crippen LogP contribution is -2.38. The monoisotopic (exact) mass is 266 g/mol. The standard InChI is InChI=1S/C12H21F3N2O/c1-2-3-5-11(18)17-7-4-6-16(8-9-17)10-12(13,14)15/h2-10H2,1H3. The zero-order chi connectivity index (χ0) is 13.6. The van der Waals surface area contributed by atoms with Gasteiger partial charge in [0.1, 0.15) is 0 Å². The zero-order valence-electron chi connectivity index (χ0n) is 10.8. The highest BCUT2D eigenvalue weighted by Crippen LogP contribution is 2.17. The third kappa shape index (κ3) is 5.71. The Morgan fingerprint density at radius 2 is 1.89 bits per heavy atom. The lowest BCUT2D eigenvalue weighted by Gasteiger charge is -2.22. The van der Waals surface area contributed by atoms with Gasteiger partial charge in [0.25, 0.3) is 0 Å². The van der Waals surface area contributed by atoms with E-state index in [0.29, 0.717) is 39.0 Å². The summed E-state index contributed by atoms with van der Waals surface area (Å²) in [5, 5.41) is 0. The Morgan fingerprint density at radius 3 is 2.50 bits per heavy atom. The number of rotatable bonds is 4. The van der Waals surface area contributed by atoms with E-state index >= 15 is 0 Å². The van der Waals surface area contributed by atoms with Gasteiger partial charge in [0, 0.05) is 32.6 Å². The molecular weight excluding hydrogens is 245 g/mol. The molecule has 1 saturated heterocycles. The fraction of sp³-hybridized carbons (Fsp3) is 0.917. The van der Waals surface area contributed by atoms with Gasteiger partial charge in [-0.25, -0.2) is 0 Å². The molecule has 18 heavy (non-hydrogen) atoms. The molecule has 6 heteroatoms. The summed E-state index contributed by atoms with van der Waals surface area (Å²) in [7, 11) is 0. The molecule has 0 aliphatic carbocycles. The van der Waals surface area contributed by atoms with E-state index in [4.69, 9.17) is 0 Å². The minimum atomic E-state index is -4.15. The number of halogens is 3. The van der Waals surface area contributed by atoms with Crippen LogP contribution in [0.4, 0.5) is 13.2 Å². The highest BCUT2D eigenvalue weighted by molar-refractivity contribution is 5.76. The van der Waals surface area contributed by atoms with Gasteiger partial charge < -0.3 is 4.90 Å². The smallest absolute Gasteiger partial charge is 0.341 e. The summed E-state index contributed by atoms with van der Waals surface area (Å²) in [6, 6.07) is 0. The molecule has 0 aromatic heterocycles. The summed E-state index contributed by atoms with van der Waals surface area (Å²) >= 11 is 0. The van der Waals surface area contributed by atoms with Gasteiger partial charge in [0.15, 0.2) is 0 Å². The number of nitrogens with zero attached hydrogens (tertiary/aromatic N) is 2. The van der Waals surface area contributed by atoms with Crippen molar-refractivity contribution in [1.29, 1.82) is 0 Å². The van der Waals surface area contributed by atoms with E-state index in [0.717, 1.165) is 12.8 Å². The Hall–Kier alpha value is -0.780. The van der Waals surface area contributed by atoms with Crippen molar-refractivity contribution in [1.82, 2.24) is 9.80 Å². The largest absolute Gasteiger partial charge is 0.401 e. The van der Waals surface area contributed by atoms with Crippen molar-refractivity contribution in [2.75, 3.05) is 32.7 Å². The van der Waals surface area contributed by atoms with Crippen LogP contribution in [0.25, 0.3) is 0 Å². The highest BCUT2D eigenvalue weighted by Gasteiger charge is 2.31. The highest BCUT2D eigenvalue weighted by atomic mass is 19.4. The minimum Gasteiger partial charge on any atom is -0.341 e. The van der Waals surface area contributed by atoms with E-state index in [-0.39, 0.29) is 5.91 Å². The van der Waals surface area contributed by atoms with Crippen LogP contribution in [0.3, 0.4) is 0 Å². The van der Waals surface area contributed by atoms with Crippen LogP contribution < -0.4 is 0 Å². The summed E-state index contributed by atoms with van der Waals surface area (Å²) < 4.78 is 36.8. The molecule has 0 saturated carbocycles. The third-order valence-corrected chi connectivity index (χ3v) is 3.09. The zero-order valence-corrected chi connectivity index (χ0v) is 10.8. The average molecular weight is 266 g/mol. The van der Waals surface area contributed by atoms with Crippen LogP contribution in [0.15, 0.2) is 0 Å². The molecule has 1 aliphatic rings. The molecule has 0 radical (unpaired) electrons. The first-order valence-electron chi connectivity index (χ1n) is 6.49. The Bertz CT molecular complexity index is 269. The SMILES string of the molecule is CCCCC(=O)N1CCCN(CC(F)(F)F)CC1. The maximum absolute atomic E-state index is 12.3. The summed E-state index contributed by atoms with van der Waals surface area (Å²) in [6.07, 6.45) is -1.22. The molecule has 106 valence electrons. The summed E-state index contributed by atoms with van der Waals surface area (Å²) in [5.74, 6) is 0.0747. The third-order valence-electron chi connectivity index (χ3n) is 3.09. The molecule has 1 aliphatic heterocycles.